The Bertz CT molecular complexity index is 818. The highest BCUT2D eigenvalue weighted by Crippen LogP contribution is 2.34. The van der Waals surface area contributed by atoms with Gasteiger partial charge in [-0.05, 0) is 24.5 Å². The van der Waals surface area contributed by atoms with Crippen LogP contribution >= 0.6 is 11.6 Å². The maximum atomic E-state index is 6.12. The van der Waals surface area contributed by atoms with Gasteiger partial charge < -0.3 is 5.32 Å². The molecule has 1 atom stereocenters. The number of nitrogens with zero attached hydrogens (tertiary/aromatic N) is 3. The molecule has 2 heterocycles. The quantitative estimate of drug-likeness (QED) is 0.782. The van der Waals surface area contributed by atoms with Crippen molar-refractivity contribution in [3.05, 3.63) is 59.0 Å². The van der Waals surface area contributed by atoms with E-state index in [1.165, 1.54) is 11.3 Å². The van der Waals surface area contributed by atoms with Gasteiger partial charge >= 0.3 is 0 Å². The van der Waals surface area contributed by atoms with Gasteiger partial charge in [0.2, 0.25) is 0 Å². The van der Waals surface area contributed by atoms with Crippen molar-refractivity contribution in [2.24, 2.45) is 0 Å². The van der Waals surface area contributed by atoms with E-state index in [-0.39, 0.29) is 6.04 Å². The molecule has 1 aliphatic carbocycles. The molecule has 0 saturated carbocycles. The normalized spacial score (nSPS) is 16.9. The molecule has 0 amide bonds. The summed E-state index contributed by atoms with van der Waals surface area (Å²) in [6, 6.07) is 12.2. The molecule has 1 N–H and O–H groups in total. The zero-order chi connectivity index (χ0) is 14.2. The maximum absolute atomic E-state index is 6.12. The third-order valence-electron chi connectivity index (χ3n) is 3.92. The molecule has 0 aliphatic heterocycles. The third-order valence-corrected chi connectivity index (χ3v) is 4.20. The van der Waals surface area contributed by atoms with Crippen LogP contribution in [0.5, 0.6) is 0 Å². The predicted octanol–water partition coefficient (Wildman–Crippen LogP) is 3.78. The summed E-state index contributed by atoms with van der Waals surface area (Å²) in [5, 5.41) is 14.1. The van der Waals surface area contributed by atoms with Crippen LogP contribution in [0.2, 0.25) is 5.15 Å². The molecule has 1 aliphatic rings. The first-order chi connectivity index (χ1) is 10.3. The number of hydrogen-bond acceptors (Lipinski definition) is 4. The second-order valence-corrected chi connectivity index (χ2v) is 5.52. The van der Waals surface area contributed by atoms with Crippen LogP contribution in [0.25, 0.3) is 10.8 Å². The first-order valence-corrected chi connectivity index (χ1v) is 7.32. The fourth-order valence-electron chi connectivity index (χ4n) is 2.91. The molecule has 0 saturated heterocycles. The summed E-state index contributed by atoms with van der Waals surface area (Å²) in [5.74, 6) is 0.775. The molecule has 0 unspecified atom stereocenters. The van der Waals surface area contributed by atoms with Gasteiger partial charge in [0, 0.05) is 22.7 Å². The summed E-state index contributed by atoms with van der Waals surface area (Å²) in [6.45, 7) is 0. The zero-order valence-electron chi connectivity index (χ0n) is 11.3. The van der Waals surface area contributed by atoms with Crippen molar-refractivity contribution < 1.29 is 0 Å². The van der Waals surface area contributed by atoms with Crippen LogP contribution in [-0.2, 0) is 6.42 Å². The second kappa shape index (κ2) is 4.97. The minimum atomic E-state index is 0.229. The third kappa shape index (κ3) is 2.12. The molecule has 0 bridgehead atoms. The van der Waals surface area contributed by atoms with Crippen molar-refractivity contribution in [2.45, 2.75) is 18.9 Å². The van der Waals surface area contributed by atoms with Gasteiger partial charge in [-0.2, -0.15) is 0 Å². The molecule has 4 rings (SSSR count). The Hall–Kier alpha value is -2.20. The fraction of sp³-hybridized carbons (Fsp3) is 0.188. The Labute approximate surface area is 127 Å². The van der Waals surface area contributed by atoms with Crippen LogP contribution in [-0.4, -0.2) is 15.2 Å². The van der Waals surface area contributed by atoms with Gasteiger partial charge in [-0.1, -0.05) is 41.9 Å². The molecule has 0 radical (unpaired) electrons. The van der Waals surface area contributed by atoms with Gasteiger partial charge in [0.15, 0.2) is 11.0 Å². The molecule has 0 spiro atoms. The lowest BCUT2D eigenvalue weighted by Crippen LogP contribution is -2.09. The fourth-order valence-corrected chi connectivity index (χ4v) is 3.11. The number of pyridine rings is 1. The highest BCUT2D eigenvalue weighted by atomic mass is 35.5. The number of aromatic nitrogens is 3. The summed E-state index contributed by atoms with van der Waals surface area (Å²) < 4.78 is 0. The summed E-state index contributed by atoms with van der Waals surface area (Å²) in [5.41, 5.74) is 2.42. The maximum Gasteiger partial charge on any atom is 0.159 e. The average molecular weight is 297 g/mol. The standard InChI is InChI=1S/C16H13ClN4/c17-15-10-4-1-2-5-11(10)16(21-20-15)19-14-8-7-13-12(14)6-3-9-18-13/h1-6,9,14H,7-8H2,(H,19,21)/t14-/m0/s1. The zero-order valence-corrected chi connectivity index (χ0v) is 12.0. The minimum absolute atomic E-state index is 0.229. The lowest BCUT2D eigenvalue weighted by Gasteiger charge is -2.15. The van der Waals surface area contributed by atoms with Crippen LogP contribution < -0.4 is 5.32 Å². The topological polar surface area (TPSA) is 50.7 Å². The van der Waals surface area contributed by atoms with Crippen LogP contribution in [0.15, 0.2) is 42.6 Å². The minimum Gasteiger partial charge on any atom is -0.361 e. The smallest absolute Gasteiger partial charge is 0.159 e. The Morgan fingerprint density at radius 3 is 2.81 bits per heavy atom. The molecule has 4 nitrogen and oxygen atoms in total. The summed E-state index contributed by atoms with van der Waals surface area (Å²) in [6.07, 6.45) is 3.86. The lowest BCUT2D eigenvalue weighted by molar-refractivity contribution is 0.753. The first-order valence-electron chi connectivity index (χ1n) is 6.94. The summed E-state index contributed by atoms with van der Waals surface area (Å²) in [4.78, 5) is 4.43. The van der Waals surface area contributed by atoms with E-state index in [4.69, 9.17) is 11.6 Å². The molecule has 5 heteroatoms. The molecule has 0 fully saturated rings. The largest absolute Gasteiger partial charge is 0.361 e. The average Bonchev–Trinajstić information content (AvgIpc) is 2.94. The van der Waals surface area contributed by atoms with E-state index in [1.54, 1.807) is 0 Å². The van der Waals surface area contributed by atoms with Crippen molar-refractivity contribution in [3.63, 3.8) is 0 Å². The Balaban J connectivity index is 1.75. The highest BCUT2D eigenvalue weighted by Gasteiger charge is 2.24. The van der Waals surface area contributed by atoms with Crippen molar-refractivity contribution >= 4 is 28.2 Å². The molecule has 104 valence electrons. The SMILES string of the molecule is Clc1nnc(N[C@H]2CCc3ncccc32)c2ccccc12. The number of rotatable bonds is 2. The number of halogens is 1. The van der Waals surface area contributed by atoms with Gasteiger partial charge in [-0.15, -0.1) is 10.2 Å². The summed E-state index contributed by atoms with van der Waals surface area (Å²) in [7, 11) is 0. The van der Waals surface area contributed by atoms with E-state index in [0.29, 0.717) is 5.15 Å². The van der Waals surface area contributed by atoms with Gasteiger partial charge in [-0.3, -0.25) is 4.98 Å². The van der Waals surface area contributed by atoms with Crippen LogP contribution in [0.1, 0.15) is 23.7 Å². The monoisotopic (exact) mass is 296 g/mol. The van der Waals surface area contributed by atoms with Crippen LogP contribution in [0, 0.1) is 0 Å². The van der Waals surface area contributed by atoms with E-state index in [0.717, 1.165) is 29.4 Å². The Morgan fingerprint density at radius 2 is 1.90 bits per heavy atom. The van der Waals surface area contributed by atoms with Crippen molar-refractivity contribution in [2.75, 3.05) is 5.32 Å². The van der Waals surface area contributed by atoms with E-state index < -0.39 is 0 Å². The molecule has 1 aromatic carbocycles. The number of nitrogens with one attached hydrogen (secondary N) is 1. The Kier molecular flexibility index (Phi) is 2.97. The van der Waals surface area contributed by atoms with E-state index >= 15 is 0 Å². The van der Waals surface area contributed by atoms with Crippen molar-refractivity contribution in [1.29, 1.82) is 0 Å². The van der Waals surface area contributed by atoms with Crippen molar-refractivity contribution in [1.82, 2.24) is 15.2 Å². The number of benzene rings is 1. The number of aryl methyl sites for hydroxylation is 1. The van der Waals surface area contributed by atoms with Gasteiger partial charge in [-0.25, -0.2) is 0 Å². The molecule has 2 aromatic heterocycles. The second-order valence-electron chi connectivity index (χ2n) is 5.16. The highest BCUT2D eigenvalue weighted by molar-refractivity contribution is 6.34. The van der Waals surface area contributed by atoms with E-state index in [2.05, 4.69) is 26.6 Å². The summed E-state index contributed by atoms with van der Waals surface area (Å²) >= 11 is 6.12. The van der Waals surface area contributed by atoms with Gasteiger partial charge in [0.1, 0.15) is 0 Å². The van der Waals surface area contributed by atoms with E-state index in [9.17, 15) is 0 Å². The van der Waals surface area contributed by atoms with Gasteiger partial charge in [0.25, 0.3) is 0 Å². The molecule has 21 heavy (non-hydrogen) atoms. The van der Waals surface area contributed by atoms with Gasteiger partial charge in [0.05, 0.1) is 6.04 Å². The predicted molar refractivity (Wildman–Crippen MR) is 83.5 cm³/mol. The van der Waals surface area contributed by atoms with E-state index in [1.807, 2.05) is 36.5 Å². The lowest BCUT2D eigenvalue weighted by atomic mass is 10.1. The Morgan fingerprint density at radius 1 is 1.05 bits per heavy atom. The first kappa shape index (κ1) is 12.5. The molecular weight excluding hydrogens is 284 g/mol. The molecular formula is C16H13ClN4. The number of hydrogen-bond donors (Lipinski definition) is 1. The molecule has 3 aromatic rings. The van der Waals surface area contributed by atoms with Crippen molar-refractivity contribution in [3.8, 4) is 0 Å². The number of anilines is 1. The van der Waals surface area contributed by atoms with Crippen LogP contribution in [0.3, 0.4) is 0 Å². The number of fused-ring (bicyclic) bond motifs is 2. The van der Waals surface area contributed by atoms with Crippen LogP contribution in [0.4, 0.5) is 5.82 Å².